The van der Waals surface area contributed by atoms with Crippen LogP contribution in [0.4, 0.5) is 13.2 Å². The number of hydrogen-bond acceptors (Lipinski definition) is 7. The monoisotopic (exact) mass is 536 g/mol. The summed E-state index contributed by atoms with van der Waals surface area (Å²) in [6.07, 6.45) is 0.528. The van der Waals surface area contributed by atoms with E-state index in [1.54, 1.807) is 37.4 Å². The quantitative estimate of drug-likeness (QED) is 0.327. The first-order valence-electron chi connectivity index (χ1n) is 12.4. The van der Waals surface area contributed by atoms with Crippen molar-refractivity contribution in [2.45, 2.75) is 45.3 Å². The molecule has 1 aliphatic carbocycles. The van der Waals surface area contributed by atoms with Crippen LogP contribution in [0.3, 0.4) is 0 Å². The lowest BCUT2D eigenvalue weighted by molar-refractivity contribution is -0.141. The zero-order valence-electron chi connectivity index (χ0n) is 21.0. The van der Waals surface area contributed by atoms with Crippen LogP contribution in [0.5, 0.6) is 5.88 Å². The molecule has 39 heavy (non-hydrogen) atoms. The van der Waals surface area contributed by atoms with E-state index in [9.17, 15) is 18.0 Å². The van der Waals surface area contributed by atoms with E-state index in [-0.39, 0.29) is 12.2 Å². The number of benzene rings is 1. The average Bonchev–Trinajstić information content (AvgIpc) is 3.61. The third-order valence-electron chi connectivity index (χ3n) is 6.52. The molecule has 200 valence electrons. The van der Waals surface area contributed by atoms with Crippen LogP contribution >= 0.6 is 0 Å². The van der Waals surface area contributed by atoms with Gasteiger partial charge in [0.2, 0.25) is 5.88 Å². The molecule has 0 unspecified atom stereocenters. The summed E-state index contributed by atoms with van der Waals surface area (Å²) >= 11 is 0. The molecular weight excluding hydrogens is 513 g/mol. The van der Waals surface area contributed by atoms with E-state index < -0.39 is 11.9 Å². The van der Waals surface area contributed by atoms with E-state index in [0.717, 1.165) is 30.2 Å². The highest BCUT2D eigenvalue weighted by Gasteiger charge is 2.34. The summed E-state index contributed by atoms with van der Waals surface area (Å²) in [6.45, 7) is 4.02. The van der Waals surface area contributed by atoms with Crippen LogP contribution in [0, 0.1) is 6.92 Å². The first kappa shape index (κ1) is 24.8. The predicted molar refractivity (Wildman–Crippen MR) is 135 cm³/mol. The molecule has 4 heterocycles. The van der Waals surface area contributed by atoms with Crippen molar-refractivity contribution in [3.63, 3.8) is 0 Å². The predicted octanol–water partition coefficient (Wildman–Crippen LogP) is 4.41. The summed E-state index contributed by atoms with van der Waals surface area (Å²) in [5.74, 6) is 1.06. The Labute approximate surface area is 219 Å². The van der Waals surface area contributed by atoms with Gasteiger partial charge in [0.05, 0.1) is 30.7 Å². The minimum atomic E-state index is -4.53. The lowest BCUT2D eigenvalue weighted by Gasteiger charge is -2.12. The third kappa shape index (κ3) is 4.64. The van der Waals surface area contributed by atoms with Crippen molar-refractivity contribution < 1.29 is 17.9 Å². The van der Waals surface area contributed by atoms with Crippen molar-refractivity contribution in [3.05, 3.63) is 76.0 Å². The van der Waals surface area contributed by atoms with Crippen molar-refractivity contribution >= 4 is 11.2 Å². The van der Waals surface area contributed by atoms with E-state index in [4.69, 9.17) is 9.72 Å². The van der Waals surface area contributed by atoms with E-state index in [1.807, 2.05) is 6.92 Å². The van der Waals surface area contributed by atoms with Gasteiger partial charge < -0.3 is 9.72 Å². The molecule has 0 radical (unpaired) electrons. The van der Waals surface area contributed by atoms with Gasteiger partial charge in [0.25, 0.3) is 0 Å². The fourth-order valence-corrected chi connectivity index (χ4v) is 4.52. The Bertz CT molecular complexity index is 1730. The third-order valence-corrected chi connectivity index (χ3v) is 6.52. The summed E-state index contributed by atoms with van der Waals surface area (Å²) in [5.41, 5.74) is 2.59. The van der Waals surface area contributed by atoms with Crippen LogP contribution in [0.2, 0.25) is 0 Å². The normalized spacial score (nSPS) is 13.8. The Hall–Kier alpha value is -4.55. The summed E-state index contributed by atoms with van der Waals surface area (Å²) in [7, 11) is 0. The maximum absolute atomic E-state index is 13.1. The first-order valence-corrected chi connectivity index (χ1v) is 12.4. The number of aromatic nitrogens is 8. The van der Waals surface area contributed by atoms with Crippen molar-refractivity contribution in [1.29, 1.82) is 0 Å². The second-order valence-corrected chi connectivity index (χ2v) is 9.34. The molecule has 0 amide bonds. The highest BCUT2D eigenvalue weighted by atomic mass is 19.4. The smallest absolute Gasteiger partial charge is 0.435 e. The van der Waals surface area contributed by atoms with Crippen LogP contribution in [0.25, 0.3) is 28.2 Å². The maximum atomic E-state index is 13.1. The number of fused-ring (bicyclic) bond motifs is 1. The lowest BCUT2D eigenvalue weighted by Crippen LogP contribution is -2.18. The van der Waals surface area contributed by atoms with E-state index in [2.05, 4.69) is 25.0 Å². The molecule has 1 aliphatic rings. The lowest BCUT2D eigenvalue weighted by atomic mass is 10.1. The van der Waals surface area contributed by atoms with Gasteiger partial charge in [0, 0.05) is 11.6 Å². The molecule has 0 atom stereocenters. The second kappa shape index (κ2) is 9.33. The van der Waals surface area contributed by atoms with Gasteiger partial charge in [-0.1, -0.05) is 12.1 Å². The number of aromatic amines is 1. The number of rotatable bonds is 7. The number of alkyl halides is 3. The average molecular weight is 537 g/mol. The maximum Gasteiger partial charge on any atom is 0.435 e. The molecule has 1 saturated carbocycles. The number of halogens is 3. The molecule has 1 fully saturated rings. The fourth-order valence-electron chi connectivity index (χ4n) is 4.52. The molecule has 10 nitrogen and oxygen atoms in total. The van der Waals surface area contributed by atoms with Crippen molar-refractivity contribution in [2.24, 2.45) is 0 Å². The number of ether oxygens (including phenoxy) is 1. The zero-order chi connectivity index (χ0) is 27.3. The van der Waals surface area contributed by atoms with Gasteiger partial charge in [0.1, 0.15) is 17.4 Å². The van der Waals surface area contributed by atoms with Crippen molar-refractivity contribution in [3.8, 4) is 23.0 Å². The summed E-state index contributed by atoms with van der Waals surface area (Å²) in [6, 6.07) is 7.79. The van der Waals surface area contributed by atoms with Gasteiger partial charge in [-0.15, -0.1) is 0 Å². The van der Waals surface area contributed by atoms with E-state index in [1.165, 1.54) is 15.6 Å². The molecular formula is C26H23F3N8O2. The molecule has 0 aliphatic heterocycles. The van der Waals surface area contributed by atoms with Crippen LogP contribution < -0.4 is 10.4 Å². The van der Waals surface area contributed by atoms with Crippen molar-refractivity contribution in [2.75, 3.05) is 6.61 Å². The summed E-state index contributed by atoms with van der Waals surface area (Å²) in [5, 5.41) is 3.69. The highest BCUT2D eigenvalue weighted by molar-refractivity contribution is 5.75. The molecule has 0 saturated heterocycles. The molecule has 5 aromatic rings. The van der Waals surface area contributed by atoms with Crippen LogP contribution in [0.15, 0.2) is 47.7 Å². The Morgan fingerprint density at radius 3 is 2.56 bits per heavy atom. The van der Waals surface area contributed by atoms with Gasteiger partial charge in [0.15, 0.2) is 17.2 Å². The number of hydrogen-bond donors (Lipinski definition) is 1. The van der Waals surface area contributed by atoms with Crippen LogP contribution in [0.1, 0.15) is 48.3 Å². The molecule has 0 spiro atoms. The Morgan fingerprint density at radius 2 is 1.90 bits per heavy atom. The van der Waals surface area contributed by atoms with Gasteiger partial charge in [-0.05, 0) is 50.5 Å². The second-order valence-electron chi connectivity index (χ2n) is 9.34. The molecule has 4 aromatic heterocycles. The first-order chi connectivity index (χ1) is 18.7. The van der Waals surface area contributed by atoms with Crippen LogP contribution in [-0.2, 0) is 12.7 Å². The van der Waals surface area contributed by atoms with E-state index in [0.29, 0.717) is 52.3 Å². The van der Waals surface area contributed by atoms with Crippen LogP contribution in [-0.4, -0.2) is 45.9 Å². The Balaban J connectivity index is 1.35. The summed E-state index contributed by atoms with van der Waals surface area (Å²) in [4.78, 5) is 33.6. The Morgan fingerprint density at radius 1 is 1.13 bits per heavy atom. The fraction of sp³-hybridized carbons (Fsp3) is 0.308. The largest absolute Gasteiger partial charge is 0.477 e. The molecule has 6 rings (SSSR count). The standard InChI is InChI=1S/C26H23F3N8O2/c1-3-39-24-20(21(16-6-7-16)31-13-32-24)22-30-11-18-23(34-22)36(25(38)33-18)12-15-4-8-17(9-5-15)37-14(2)10-19(35-37)26(27,28)29/h4-5,8-11,13,16H,3,6-7,12H2,1-2H3,(H,33,38). The SMILES string of the molecule is CCOc1ncnc(C2CC2)c1-c1ncc2[nH]c(=O)n(Cc3ccc(-n4nc(C(F)(F)F)cc4C)cc3)c2n1. The molecule has 13 heteroatoms. The molecule has 1 aromatic carbocycles. The van der Waals surface area contributed by atoms with Gasteiger partial charge in [-0.25, -0.2) is 29.4 Å². The Kier molecular flexibility index (Phi) is 5.92. The highest BCUT2D eigenvalue weighted by Crippen LogP contribution is 2.45. The van der Waals surface area contributed by atoms with Gasteiger partial charge in [-0.3, -0.25) is 4.57 Å². The number of imidazole rings is 1. The summed E-state index contributed by atoms with van der Waals surface area (Å²) < 4.78 is 47.7. The van der Waals surface area contributed by atoms with Gasteiger partial charge >= 0.3 is 11.9 Å². The number of H-pyrrole nitrogens is 1. The van der Waals surface area contributed by atoms with Gasteiger partial charge in [-0.2, -0.15) is 18.3 Å². The number of nitrogens with one attached hydrogen (secondary N) is 1. The number of nitrogens with zero attached hydrogens (tertiary/aromatic N) is 7. The molecule has 0 bridgehead atoms. The number of aryl methyl sites for hydroxylation is 1. The minimum Gasteiger partial charge on any atom is -0.477 e. The minimum absolute atomic E-state index is 0.181. The molecule has 1 N–H and O–H groups in total. The van der Waals surface area contributed by atoms with E-state index >= 15 is 0 Å². The van der Waals surface area contributed by atoms with Crippen molar-refractivity contribution in [1.82, 2.24) is 39.3 Å². The zero-order valence-corrected chi connectivity index (χ0v) is 21.0. The topological polar surface area (TPSA) is 116 Å².